The van der Waals surface area contributed by atoms with Crippen molar-refractivity contribution in [3.63, 3.8) is 0 Å². The molecule has 0 bridgehead atoms. The van der Waals surface area contributed by atoms with E-state index in [0.29, 0.717) is 33.2 Å². The molecule has 0 fully saturated rings. The first kappa shape index (κ1) is 22.1. The highest BCUT2D eigenvalue weighted by Crippen LogP contribution is 2.37. The highest BCUT2D eigenvalue weighted by molar-refractivity contribution is 6.55. The lowest BCUT2D eigenvalue weighted by molar-refractivity contribution is 0.347. The Morgan fingerprint density at radius 2 is 1.30 bits per heavy atom. The van der Waals surface area contributed by atoms with Crippen molar-refractivity contribution in [2.45, 2.75) is 0 Å². The van der Waals surface area contributed by atoms with Gasteiger partial charge >= 0.3 is 0 Å². The molecule has 0 atom stereocenters. The minimum atomic E-state index is 0.124. The summed E-state index contributed by atoms with van der Waals surface area (Å²) in [6.07, 6.45) is 5.14. The van der Waals surface area contributed by atoms with Crippen LogP contribution in [-0.2, 0) is 0 Å². The predicted molar refractivity (Wildman–Crippen MR) is 113 cm³/mol. The topological polar surface area (TPSA) is 27.7 Å². The quantitative estimate of drug-likeness (QED) is 0.360. The Bertz CT molecular complexity index is 776. The molecule has 0 aromatic heterocycles. The van der Waals surface area contributed by atoms with Crippen molar-refractivity contribution < 1.29 is 14.2 Å². The first-order valence-electron chi connectivity index (χ1n) is 7.75. The maximum Gasteiger partial charge on any atom is 0.157 e. The monoisotopic (exact) mass is 466 g/mol. The van der Waals surface area contributed by atoms with Crippen molar-refractivity contribution in [1.29, 1.82) is 0 Å². The molecule has 2 aromatic carbocycles. The number of rotatable bonds is 9. The second-order valence-corrected chi connectivity index (χ2v) is 7.33. The molecule has 0 saturated heterocycles. The van der Waals surface area contributed by atoms with E-state index >= 15 is 0 Å². The molecule has 8 heteroatoms. The zero-order valence-electron chi connectivity index (χ0n) is 13.9. The number of halogens is 5. The van der Waals surface area contributed by atoms with Crippen molar-refractivity contribution in [2.75, 3.05) is 19.8 Å². The molecule has 0 N–H and O–H groups in total. The van der Waals surface area contributed by atoms with E-state index in [2.05, 4.69) is 0 Å². The lowest BCUT2D eigenvalue weighted by Crippen LogP contribution is -1.99. The molecule has 0 unspecified atom stereocenters. The molecule has 0 aliphatic heterocycles. The fourth-order valence-electron chi connectivity index (χ4n) is 1.90. The Hall–Kier alpha value is -1.23. The molecule has 0 aliphatic carbocycles. The lowest BCUT2D eigenvalue weighted by Gasteiger charge is -2.11. The van der Waals surface area contributed by atoms with Crippen molar-refractivity contribution in [1.82, 2.24) is 0 Å². The Morgan fingerprint density at radius 3 is 1.89 bits per heavy atom. The molecule has 0 radical (unpaired) electrons. The standard InChI is InChI=1S/C19H15Cl5O3/c20-13-3-5-14(6-4-13)25-8-1-2-9-27-19-16(21)11-15(12-17(19)22)26-10-7-18(23)24/h1-7,11-12H,8-10H2. The summed E-state index contributed by atoms with van der Waals surface area (Å²) in [5.74, 6) is 1.59. The second-order valence-electron chi connectivity index (χ2n) is 5.07. The third-order valence-electron chi connectivity index (χ3n) is 3.11. The molecular weight excluding hydrogens is 453 g/mol. The smallest absolute Gasteiger partial charge is 0.157 e. The van der Waals surface area contributed by atoms with Crippen LogP contribution in [0.2, 0.25) is 15.1 Å². The van der Waals surface area contributed by atoms with Crippen LogP contribution in [0.3, 0.4) is 0 Å². The zero-order chi connectivity index (χ0) is 19.6. The summed E-state index contributed by atoms with van der Waals surface area (Å²) in [5, 5.41) is 1.34. The van der Waals surface area contributed by atoms with E-state index in [1.54, 1.807) is 42.5 Å². The van der Waals surface area contributed by atoms with E-state index in [9.17, 15) is 0 Å². The summed E-state index contributed by atoms with van der Waals surface area (Å²) in [6.45, 7) is 0.885. The summed E-state index contributed by atoms with van der Waals surface area (Å²) < 4.78 is 16.7. The van der Waals surface area contributed by atoms with E-state index in [4.69, 9.17) is 72.2 Å². The number of hydrogen-bond acceptors (Lipinski definition) is 3. The molecule has 2 rings (SSSR count). The van der Waals surface area contributed by atoms with Gasteiger partial charge in [0.2, 0.25) is 0 Å². The number of benzene rings is 2. The van der Waals surface area contributed by atoms with Crippen molar-refractivity contribution >= 4 is 58.0 Å². The van der Waals surface area contributed by atoms with Crippen LogP contribution in [0.4, 0.5) is 0 Å². The van der Waals surface area contributed by atoms with Gasteiger partial charge in [0.1, 0.15) is 35.8 Å². The summed E-state index contributed by atoms with van der Waals surface area (Å²) in [5.41, 5.74) is 0. The summed E-state index contributed by atoms with van der Waals surface area (Å²) >= 11 is 29.2. The lowest BCUT2D eigenvalue weighted by atomic mass is 10.3. The Morgan fingerprint density at radius 1 is 0.741 bits per heavy atom. The Balaban J connectivity index is 1.80. The van der Waals surface area contributed by atoms with Gasteiger partial charge in [-0.25, -0.2) is 0 Å². The van der Waals surface area contributed by atoms with Crippen LogP contribution in [0.5, 0.6) is 17.2 Å². The van der Waals surface area contributed by atoms with E-state index in [-0.39, 0.29) is 17.7 Å². The van der Waals surface area contributed by atoms with Gasteiger partial charge in [-0.2, -0.15) is 0 Å². The van der Waals surface area contributed by atoms with Gasteiger partial charge in [-0.05, 0) is 42.5 Å². The summed E-state index contributed by atoms with van der Waals surface area (Å²) in [7, 11) is 0. The first-order chi connectivity index (χ1) is 13.0. The zero-order valence-corrected chi connectivity index (χ0v) is 17.7. The van der Waals surface area contributed by atoms with E-state index in [1.165, 1.54) is 6.08 Å². The average Bonchev–Trinajstić information content (AvgIpc) is 2.61. The maximum atomic E-state index is 6.19. The predicted octanol–water partition coefficient (Wildman–Crippen LogP) is 7.36. The average molecular weight is 469 g/mol. The minimum absolute atomic E-state index is 0.124. The molecule has 0 spiro atoms. The first-order valence-corrected chi connectivity index (χ1v) is 9.64. The molecular formula is C19H15Cl5O3. The van der Waals surface area contributed by atoms with Crippen LogP contribution in [0.1, 0.15) is 0 Å². The normalized spacial score (nSPS) is 10.7. The number of hydrogen-bond donors (Lipinski definition) is 0. The Kier molecular flexibility index (Phi) is 9.46. The third kappa shape index (κ3) is 8.12. The summed E-state index contributed by atoms with van der Waals surface area (Å²) in [4.78, 5) is 0. The second kappa shape index (κ2) is 11.6. The molecule has 3 nitrogen and oxygen atoms in total. The summed E-state index contributed by atoms with van der Waals surface area (Å²) in [6, 6.07) is 10.3. The van der Waals surface area contributed by atoms with Gasteiger partial charge < -0.3 is 14.2 Å². The van der Waals surface area contributed by atoms with Crippen LogP contribution in [-0.4, -0.2) is 19.8 Å². The SMILES string of the molecule is ClC(Cl)=CCOc1cc(Cl)c(OCC=CCOc2ccc(Cl)cc2)c(Cl)c1. The molecule has 0 aliphatic rings. The number of ether oxygens (including phenoxy) is 3. The van der Waals surface area contributed by atoms with Crippen molar-refractivity contribution in [2.24, 2.45) is 0 Å². The largest absolute Gasteiger partial charge is 0.490 e. The van der Waals surface area contributed by atoms with E-state index in [0.717, 1.165) is 5.75 Å². The van der Waals surface area contributed by atoms with Crippen LogP contribution < -0.4 is 14.2 Å². The van der Waals surface area contributed by atoms with Crippen LogP contribution in [0.15, 0.2) is 59.1 Å². The molecule has 2 aromatic rings. The fourth-order valence-corrected chi connectivity index (χ4v) is 2.73. The Labute approximate surface area is 183 Å². The highest BCUT2D eigenvalue weighted by Gasteiger charge is 2.10. The van der Waals surface area contributed by atoms with Gasteiger partial charge in [-0.3, -0.25) is 0 Å². The maximum absolute atomic E-state index is 6.19. The molecule has 0 heterocycles. The van der Waals surface area contributed by atoms with Crippen molar-refractivity contribution in [3.8, 4) is 17.2 Å². The van der Waals surface area contributed by atoms with E-state index in [1.807, 2.05) is 6.08 Å². The van der Waals surface area contributed by atoms with E-state index < -0.39 is 0 Å². The fraction of sp³-hybridized carbons (Fsp3) is 0.158. The van der Waals surface area contributed by atoms with Crippen LogP contribution in [0, 0.1) is 0 Å². The van der Waals surface area contributed by atoms with Crippen LogP contribution in [0.25, 0.3) is 0 Å². The third-order valence-corrected chi connectivity index (χ3v) is 4.23. The molecule has 0 saturated carbocycles. The molecule has 27 heavy (non-hydrogen) atoms. The molecule has 144 valence electrons. The highest BCUT2D eigenvalue weighted by atomic mass is 35.5. The van der Waals surface area contributed by atoms with Gasteiger partial charge in [-0.15, -0.1) is 0 Å². The van der Waals surface area contributed by atoms with Gasteiger partial charge in [0, 0.05) is 17.2 Å². The van der Waals surface area contributed by atoms with Gasteiger partial charge in [0.25, 0.3) is 0 Å². The van der Waals surface area contributed by atoms with Gasteiger partial charge in [0.15, 0.2) is 5.75 Å². The molecule has 0 amide bonds. The van der Waals surface area contributed by atoms with Gasteiger partial charge in [-0.1, -0.05) is 58.0 Å². The van der Waals surface area contributed by atoms with Gasteiger partial charge in [0.05, 0.1) is 10.0 Å². The minimum Gasteiger partial charge on any atom is -0.490 e. The van der Waals surface area contributed by atoms with Crippen molar-refractivity contribution in [3.05, 3.63) is 74.2 Å². The van der Waals surface area contributed by atoms with Crippen LogP contribution >= 0.6 is 58.0 Å².